The summed E-state index contributed by atoms with van der Waals surface area (Å²) in [4.78, 5) is 26.5. The fourth-order valence-corrected chi connectivity index (χ4v) is 4.40. The number of nitrogens with zero attached hydrogens (tertiary/aromatic N) is 1. The zero-order valence-corrected chi connectivity index (χ0v) is 18.2. The van der Waals surface area contributed by atoms with Crippen molar-refractivity contribution in [2.75, 3.05) is 11.4 Å². The van der Waals surface area contributed by atoms with Crippen molar-refractivity contribution in [2.45, 2.75) is 31.8 Å². The van der Waals surface area contributed by atoms with E-state index in [0.717, 1.165) is 22.4 Å². The van der Waals surface area contributed by atoms with Crippen molar-refractivity contribution in [1.82, 2.24) is 10.8 Å². The van der Waals surface area contributed by atoms with Gasteiger partial charge in [0.15, 0.2) is 0 Å². The van der Waals surface area contributed by atoms with Gasteiger partial charge in [-0.3, -0.25) is 14.8 Å². The Labute approximate surface area is 187 Å². The van der Waals surface area contributed by atoms with Gasteiger partial charge in [-0.25, -0.2) is 5.48 Å². The Hall–Kier alpha value is -3.64. The third kappa shape index (κ3) is 4.09. The number of nitrogens with one attached hydrogen (secondary N) is 2. The molecule has 3 N–H and O–H groups in total. The van der Waals surface area contributed by atoms with Crippen LogP contribution in [0.5, 0.6) is 0 Å². The molecule has 6 nitrogen and oxygen atoms in total. The predicted octanol–water partition coefficient (Wildman–Crippen LogP) is 4.10. The summed E-state index contributed by atoms with van der Waals surface area (Å²) in [7, 11) is 0. The van der Waals surface area contributed by atoms with Gasteiger partial charge in [-0.1, -0.05) is 54.6 Å². The van der Waals surface area contributed by atoms with Gasteiger partial charge in [0.25, 0.3) is 5.91 Å². The SMILES string of the molecule is CC(C)(c1ccc(-c2ccccc2)cc1)N(c1ccc(C(=O)NO)cc1)C1CCNC1=O. The molecule has 1 aliphatic rings. The minimum Gasteiger partial charge on any atom is -0.354 e. The van der Waals surface area contributed by atoms with Crippen LogP contribution in [0, 0.1) is 0 Å². The first-order valence-electron chi connectivity index (χ1n) is 10.7. The molecular weight excluding hydrogens is 402 g/mol. The summed E-state index contributed by atoms with van der Waals surface area (Å²) in [6.07, 6.45) is 0.698. The van der Waals surface area contributed by atoms with Crippen LogP contribution in [0.15, 0.2) is 78.9 Å². The lowest BCUT2D eigenvalue weighted by molar-refractivity contribution is -0.120. The van der Waals surface area contributed by atoms with E-state index >= 15 is 0 Å². The van der Waals surface area contributed by atoms with E-state index in [1.807, 2.05) is 30.3 Å². The van der Waals surface area contributed by atoms with Crippen molar-refractivity contribution in [1.29, 1.82) is 0 Å². The second-order valence-electron chi connectivity index (χ2n) is 8.46. The lowest BCUT2D eigenvalue weighted by atomic mass is 9.88. The number of hydroxylamine groups is 1. The zero-order valence-electron chi connectivity index (χ0n) is 18.2. The number of rotatable bonds is 6. The third-order valence-electron chi connectivity index (χ3n) is 6.14. The molecule has 1 fully saturated rings. The van der Waals surface area contributed by atoms with Crippen molar-refractivity contribution in [3.05, 3.63) is 90.0 Å². The topological polar surface area (TPSA) is 81.7 Å². The average Bonchev–Trinajstić information content (AvgIpc) is 3.24. The summed E-state index contributed by atoms with van der Waals surface area (Å²) in [5.41, 5.74) is 5.70. The molecule has 4 rings (SSSR count). The fraction of sp³-hybridized carbons (Fsp3) is 0.231. The van der Waals surface area contributed by atoms with Crippen molar-refractivity contribution < 1.29 is 14.8 Å². The van der Waals surface area contributed by atoms with Crippen LogP contribution in [0.25, 0.3) is 11.1 Å². The van der Waals surface area contributed by atoms with Crippen LogP contribution in [0.3, 0.4) is 0 Å². The van der Waals surface area contributed by atoms with Crippen LogP contribution >= 0.6 is 0 Å². The number of anilines is 1. The molecule has 0 spiro atoms. The van der Waals surface area contributed by atoms with Gasteiger partial charge in [-0.05, 0) is 61.2 Å². The van der Waals surface area contributed by atoms with Gasteiger partial charge in [0, 0.05) is 17.8 Å². The quantitative estimate of drug-likeness (QED) is 0.407. The standard InChI is InChI=1S/C26H27N3O3/c1-26(2,21-12-8-19(9-13-21)18-6-4-3-5-7-18)29(23-16-17-27-25(23)31)22-14-10-20(11-15-22)24(30)28-32/h3-15,23,32H,16-17H2,1-2H3,(H,27,31)(H,28,30). The number of amides is 2. The van der Waals surface area contributed by atoms with E-state index in [0.29, 0.717) is 18.5 Å². The maximum absolute atomic E-state index is 12.7. The van der Waals surface area contributed by atoms with Gasteiger partial charge in [0.05, 0.1) is 5.54 Å². The summed E-state index contributed by atoms with van der Waals surface area (Å²) >= 11 is 0. The monoisotopic (exact) mass is 429 g/mol. The summed E-state index contributed by atoms with van der Waals surface area (Å²) in [5.74, 6) is -0.575. The van der Waals surface area contributed by atoms with Gasteiger partial charge in [-0.2, -0.15) is 0 Å². The van der Waals surface area contributed by atoms with E-state index in [4.69, 9.17) is 5.21 Å². The Morgan fingerprint density at radius 3 is 2.16 bits per heavy atom. The summed E-state index contributed by atoms with van der Waals surface area (Å²) < 4.78 is 0. The first-order valence-corrected chi connectivity index (χ1v) is 10.7. The molecule has 2 amide bonds. The molecule has 6 heteroatoms. The lowest BCUT2D eigenvalue weighted by Gasteiger charge is -2.44. The van der Waals surface area contributed by atoms with Crippen LogP contribution in [0.4, 0.5) is 5.69 Å². The van der Waals surface area contributed by atoms with Gasteiger partial charge >= 0.3 is 0 Å². The van der Waals surface area contributed by atoms with Crippen LogP contribution < -0.4 is 15.7 Å². The number of carbonyl (C=O) groups excluding carboxylic acids is 2. The largest absolute Gasteiger partial charge is 0.354 e. The molecule has 32 heavy (non-hydrogen) atoms. The molecule has 0 aliphatic carbocycles. The first kappa shape index (κ1) is 21.6. The minimum atomic E-state index is -0.572. The molecule has 164 valence electrons. The van der Waals surface area contributed by atoms with E-state index in [9.17, 15) is 9.59 Å². The van der Waals surface area contributed by atoms with Gasteiger partial charge in [-0.15, -0.1) is 0 Å². The Bertz CT molecular complexity index is 1090. The molecule has 1 atom stereocenters. The molecular formula is C26H27N3O3. The average molecular weight is 430 g/mol. The minimum absolute atomic E-state index is 0.00356. The third-order valence-corrected chi connectivity index (χ3v) is 6.14. The summed E-state index contributed by atoms with van der Waals surface area (Å²) in [5, 5.41) is 11.8. The van der Waals surface area contributed by atoms with Crippen LogP contribution in [-0.4, -0.2) is 29.6 Å². The van der Waals surface area contributed by atoms with Gasteiger partial charge in [0.1, 0.15) is 6.04 Å². The molecule has 0 aromatic heterocycles. The van der Waals surface area contributed by atoms with Gasteiger partial charge in [0.2, 0.25) is 5.91 Å². The van der Waals surface area contributed by atoms with Crippen LogP contribution in [-0.2, 0) is 10.3 Å². The Kier molecular flexibility index (Phi) is 5.97. The molecule has 1 unspecified atom stereocenters. The molecule has 3 aromatic rings. The second kappa shape index (κ2) is 8.85. The Morgan fingerprint density at radius 2 is 1.59 bits per heavy atom. The van der Waals surface area contributed by atoms with Crippen molar-refractivity contribution in [3.8, 4) is 11.1 Å². The number of hydrogen-bond donors (Lipinski definition) is 3. The number of hydrogen-bond acceptors (Lipinski definition) is 4. The van der Waals surface area contributed by atoms with Crippen LogP contribution in [0.2, 0.25) is 0 Å². The molecule has 3 aromatic carbocycles. The van der Waals surface area contributed by atoms with Crippen molar-refractivity contribution in [2.24, 2.45) is 0 Å². The maximum Gasteiger partial charge on any atom is 0.274 e. The van der Waals surface area contributed by atoms with Crippen molar-refractivity contribution >= 4 is 17.5 Å². The number of carbonyl (C=O) groups is 2. The lowest BCUT2D eigenvalue weighted by Crippen LogP contribution is -2.51. The highest BCUT2D eigenvalue weighted by Gasteiger charge is 2.40. The number of benzene rings is 3. The highest BCUT2D eigenvalue weighted by atomic mass is 16.5. The Morgan fingerprint density at radius 1 is 0.969 bits per heavy atom. The second-order valence-corrected chi connectivity index (χ2v) is 8.46. The maximum atomic E-state index is 12.7. The summed E-state index contributed by atoms with van der Waals surface area (Å²) in [6, 6.07) is 25.2. The molecule has 0 bridgehead atoms. The highest BCUT2D eigenvalue weighted by Crippen LogP contribution is 2.37. The van der Waals surface area contributed by atoms with E-state index in [1.54, 1.807) is 17.6 Å². The van der Waals surface area contributed by atoms with E-state index in [2.05, 4.69) is 60.5 Å². The molecule has 1 saturated heterocycles. The molecule has 0 saturated carbocycles. The normalized spacial score (nSPS) is 15.8. The molecule has 1 aliphatic heterocycles. The molecule has 0 radical (unpaired) electrons. The highest BCUT2D eigenvalue weighted by molar-refractivity contribution is 5.94. The van der Waals surface area contributed by atoms with E-state index in [-0.39, 0.29) is 11.9 Å². The van der Waals surface area contributed by atoms with E-state index in [1.165, 1.54) is 0 Å². The summed E-state index contributed by atoms with van der Waals surface area (Å²) in [6.45, 7) is 4.84. The predicted molar refractivity (Wildman–Crippen MR) is 124 cm³/mol. The zero-order chi connectivity index (χ0) is 22.7. The van der Waals surface area contributed by atoms with E-state index < -0.39 is 11.4 Å². The van der Waals surface area contributed by atoms with Gasteiger partial charge < -0.3 is 10.2 Å². The fourth-order valence-electron chi connectivity index (χ4n) is 4.40. The Balaban J connectivity index is 1.71. The molecule has 1 heterocycles. The first-order chi connectivity index (χ1) is 15.4. The van der Waals surface area contributed by atoms with Crippen LogP contribution in [0.1, 0.15) is 36.2 Å². The smallest absolute Gasteiger partial charge is 0.274 e. The van der Waals surface area contributed by atoms with Crippen molar-refractivity contribution in [3.63, 3.8) is 0 Å².